The van der Waals surface area contributed by atoms with Gasteiger partial charge in [-0.1, -0.05) is 6.07 Å². The third-order valence-electron chi connectivity index (χ3n) is 2.60. The highest BCUT2D eigenvalue weighted by Gasteiger charge is 2.13. The van der Waals surface area contributed by atoms with Gasteiger partial charge in [0, 0.05) is 17.3 Å². The molecule has 0 spiro atoms. The van der Waals surface area contributed by atoms with Crippen LogP contribution in [0.5, 0.6) is 0 Å². The van der Waals surface area contributed by atoms with E-state index in [4.69, 9.17) is 0 Å². The van der Waals surface area contributed by atoms with E-state index < -0.39 is 0 Å². The maximum atomic E-state index is 3.40. The first-order valence-electron chi connectivity index (χ1n) is 5.03. The van der Waals surface area contributed by atoms with E-state index in [0.717, 1.165) is 6.42 Å². The molecular weight excluding hydrogens is 222 g/mol. The summed E-state index contributed by atoms with van der Waals surface area (Å²) in [6.07, 6.45) is 1.09. The average Bonchev–Trinajstić information content (AvgIpc) is 2.85. The van der Waals surface area contributed by atoms with E-state index >= 15 is 0 Å². The zero-order valence-electron chi connectivity index (χ0n) is 8.99. The minimum Gasteiger partial charge on any atom is -0.313 e. The normalized spacial score (nSPS) is 12.9. The second-order valence-electron chi connectivity index (χ2n) is 3.63. The minimum atomic E-state index is 0.454. The molecule has 0 aliphatic carbocycles. The molecule has 0 saturated carbocycles. The summed E-state index contributed by atoms with van der Waals surface area (Å²) in [5.41, 5.74) is 2.84. The van der Waals surface area contributed by atoms with Crippen LogP contribution in [0.1, 0.15) is 22.0 Å². The molecule has 0 aromatic carbocycles. The molecule has 1 atom stereocenters. The SMILES string of the molecule is CNC(Cc1cccs1)c1cscc1C. The van der Waals surface area contributed by atoms with Gasteiger partial charge in [-0.3, -0.25) is 0 Å². The number of thiophene rings is 2. The highest BCUT2D eigenvalue weighted by atomic mass is 32.1. The van der Waals surface area contributed by atoms with E-state index in [-0.39, 0.29) is 0 Å². The third kappa shape index (κ3) is 2.48. The lowest BCUT2D eigenvalue weighted by Gasteiger charge is -2.15. The van der Waals surface area contributed by atoms with Crippen molar-refractivity contribution in [1.82, 2.24) is 5.32 Å². The number of aryl methyl sites for hydroxylation is 1. The van der Waals surface area contributed by atoms with E-state index in [9.17, 15) is 0 Å². The van der Waals surface area contributed by atoms with Crippen LogP contribution in [0, 0.1) is 6.92 Å². The molecule has 2 aromatic heterocycles. The predicted molar refractivity (Wildman–Crippen MR) is 68.9 cm³/mol. The molecular formula is C12H15NS2. The van der Waals surface area contributed by atoms with Gasteiger partial charge < -0.3 is 5.32 Å². The summed E-state index contributed by atoms with van der Waals surface area (Å²) < 4.78 is 0. The van der Waals surface area contributed by atoms with Gasteiger partial charge in [0.25, 0.3) is 0 Å². The fraction of sp³-hybridized carbons (Fsp3) is 0.333. The molecule has 3 heteroatoms. The van der Waals surface area contributed by atoms with Crippen LogP contribution in [0.15, 0.2) is 28.3 Å². The van der Waals surface area contributed by atoms with E-state index in [2.05, 4.69) is 40.5 Å². The zero-order valence-corrected chi connectivity index (χ0v) is 10.6. The lowest BCUT2D eigenvalue weighted by atomic mass is 10.0. The summed E-state index contributed by atoms with van der Waals surface area (Å²) in [6.45, 7) is 2.19. The van der Waals surface area contributed by atoms with Gasteiger partial charge in [0.05, 0.1) is 0 Å². The molecule has 0 aliphatic rings. The Morgan fingerprint density at radius 1 is 1.40 bits per heavy atom. The van der Waals surface area contributed by atoms with Crippen molar-refractivity contribution in [3.63, 3.8) is 0 Å². The molecule has 0 bridgehead atoms. The summed E-state index contributed by atoms with van der Waals surface area (Å²) in [5.74, 6) is 0. The van der Waals surface area contributed by atoms with Gasteiger partial charge >= 0.3 is 0 Å². The van der Waals surface area contributed by atoms with Crippen LogP contribution in [0.25, 0.3) is 0 Å². The van der Waals surface area contributed by atoms with Crippen LogP contribution in [-0.2, 0) is 6.42 Å². The van der Waals surface area contributed by atoms with Gasteiger partial charge in [0.1, 0.15) is 0 Å². The molecule has 0 radical (unpaired) electrons. The quantitative estimate of drug-likeness (QED) is 0.856. The Morgan fingerprint density at radius 2 is 2.27 bits per heavy atom. The molecule has 2 heterocycles. The Morgan fingerprint density at radius 3 is 2.80 bits per heavy atom. The highest BCUT2D eigenvalue weighted by molar-refractivity contribution is 7.10. The molecule has 0 aliphatic heterocycles. The smallest absolute Gasteiger partial charge is 0.0377 e. The lowest BCUT2D eigenvalue weighted by Crippen LogP contribution is -2.18. The first-order valence-corrected chi connectivity index (χ1v) is 6.86. The van der Waals surface area contributed by atoms with Crippen molar-refractivity contribution in [3.8, 4) is 0 Å². The molecule has 1 unspecified atom stereocenters. The molecule has 0 amide bonds. The number of rotatable bonds is 4. The number of nitrogens with one attached hydrogen (secondary N) is 1. The first kappa shape index (κ1) is 10.9. The molecule has 2 aromatic rings. The maximum absolute atomic E-state index is 3.40. The van der Waals surface area contributed by atoms with Gasteiger partial charge in [-0.05, 0) is 47.3 Å². The summed E-state index contributed by atoms with van der Waals surface area (Å²) in [4.78, 5) is 1.44. The van der Waals surface area contributed by atoms with Crippen molar-refractivity contribution in [1.29, 1.82) is 0 Å². The Labute approximate surface area is 98.8 Å². The molecule has 2 rings (SSSR count). The summed E-state index contributed by atoms with van der Waals surface area (Å²) in [5, 5.41) is 10.0. The Balaban J connectivity index is 2.15. The third-order valence-corrected chi connectivity index (χ3v) is 4.38. The van der Waals surface area contributed by atoms with Crippen LogP contribution in [0.4, 0.5) is 0 Å². The highest BCUT2D eigenvalue weighted by Crippen LogP contribution is 2.25. The standard InChI is InChI=1S/C12H15NS2/c1-9-7-14-8-11(9)12(13-2)6-10-4-3-5-15-10/h3-5,7-8,12-13H,6H2,1-2H3. The second-order valence-corrected chi connectivity index (χ2v) is 5.41. The first-order chi connectivity index (χ1) is 7.31. The molecule has 0 saturated heterocycles. The van der Waals surface area contributed by atoms with E-state index in [0.29, 0.717) is 6.04 Å². The Kier molecular flexibility index (Phi) is 3.57. The molecule has 1 N–H and O–H groups in total. The van der Waals surface area contributed by atoms with Crippen LogP contribution in [-0.4, -0.2) is 7.05 Å². The Bertz CT molecular complexity index is 403. The van der Waals surface area contributed by atoms with Crippen molar-refractivity contribution in [2.24, 2.45) is 0 Å². The monoisotopic (exact) mass is 237 g/mol. The van der Waals surface area contributed by atoms with E-state index in [1.54, 1.807) is 11.3 Å². The van der Waals surface area contributed by atoms with Crippen LogP contribution in [0.2, 0.25) is 0 Å². The largest absolute Gasteiger partial charge is 0.313 e. The summed E-state index contributed by atoms with van der Waals surface area (Å²) >= 11 is 3.62. The van der Waals surface area contributed by atoms with E-state index in [1.807, 2.05) is 18.4 Å². The van der Waals surface area contributed by atoms with Gasteiger partial charge in [0.2, 0.25) is 0 Å². The average molecular weight is 237 g/mol. The number of hydrogen-bond acceptors (Lipinski definition) is 3. The Hall–Kier alpha value is -0.640. The van der Waals surface area contributed by atoms with Crippen molar-refractivity contribution in [2.75, 3.05) is 7.05 Å². The van der Waals surface area contributed by atoms with Crippen LogP contribution in [0.3, 0.4) is 0 Å². The van der Waals surface area contributed by atoms with Crippen molar-refractivity contribution in [2.45, 2.75) is 19.4 Å². The predicted octanol–water partition coefficient (Wildman–Crippen LogP) is 3.62. The van der Waals surface area contributed by atoms with Crippen LogP contribution < -0.4 is 5.32 Å². The van der Waals surface area contributed by atoms with Crippen molar-refractivity contribution < 1.29 is 0 Å². The number of hydrogen-bond donors (Lipinski definition) is 1. The van der Waals surface area contributed by atoms with E-state index in [1.165, 1.54) is 16.0 Å². The van der Waals surface area contributed by atoms with Gasteiger partial charge in [-0.2, -0.15) is 11.3 Å². The topological polar surface area (TPSA) is 12.0 Å². The molecule has 80 valence electrons. The van der Waals surface area contributed by atoms with Gasteiger partial charge in [-0.15, -0.1) is 11.3 Å². The van der Waals surface area contributed by atoms with Gasteiger partial charge in [0.15, 0.2) is 0 Å². The second kappa shape index (κ2) is 4.92. The fourth-order valence-corrected chi connectivity index (χ4v) is 3.38. The van der Waals surface area contributed by atoms with Crippen LogP contribution >= 0.6 is 22.7 Å². The number of likely N-dealkylation sites (N-methyl/N-ethyl adjacent to an activating group) is 1. The van der Waals surface area contributed by atoms with Gasteiger partial charge in [-0.25, -0.2) is 0 Å². The molecule has 1 nitrogen and oxygen atoms in total. The fourth-order valence-electron chi connectivity index (χ4n) is 1.72. The van der Waals surface area contributed by atoms with Crippen molar-refractivity contribution in [3.05, 3.63) is 44.3 Å². The summed E-state index contributed by atoms with van der Waals surface area (Å²) in [6, 6.07) is 4.78. The molecule has 15 heavy (non-hydrogen) atoms. The lowest BCUT2D eigenvalue weighted by molar-refractivity contribution is 0.595. The summed E-state index contributed by atoms with van der Waals surface area (Å²) in [7, 11) is 2.04. The van der Waals surface area contributed by atoms with Crippen molar-refractivity contribution >= 4 is 22.7 Å². The molecule has 0 fully saturated rings. The zero-order chi connectivity index (χ0) is 10.7. The minimum absolute atomic E-state index is 0.454. The maximum Gasteiger partial charge on any atom is 0.0377 e.